The monoisotopic (exact) mass is 479 g/mol. The number of fused-ring (bicyclic) bond motifs is 1. The van der Waals surface area contributed by atoms with Gasteiger partial charge >= 0.3 is 0 Å². The van der Waals surface area contributed by atoms with E-state index in [-0.39, 0.29) is 5.91 Å². The largest absolute Gasteiger partial charge is 0.360 e. The first-order valence-corrected chi connectivity index (χ1v) is 12.6. The first-order chi connectivity index (χ1) is 16.1. The predicted molar refractivity (Wildman–Crippen MR) is 134 cm³/mol. The van der Waals surface area contributed by atoms with E-state index in [0.717, 1.165) is 40.8 Å². The molecule has 0 atom stereocenters. The van der Waals surface area contributed by atoms with Gasteiger partial charge in [0.1, 0.15) is 0 Å². The number of benzene rings is 2. The summed E-state index contributed by atoms with van der Waals surface area (Å²) in [5.41, 5.74) is 2.91. The Balaban J connectivity index is 1.46. The van der Waals surface area contributed by atoms with Crippen molar-refractivity contribution in [3.05, 3.63) is 59.8 Å². The Hall–Kier alpha value is -2.77. The Morgan fingerprint density at radius 1 is 1.12 bits per heavy atom. The number of nitrogens with zero attached hydrogens (tertiary/aromatic N) is 4. The number of H-pyrrole nitrogens is 1. The van der Waals surface area contributed by atoms with Crippen LogP contribution in [0.15, 0.2) is 59.9 Å². The topological polar surface area (TPSA) is 66.8 Å². The van der Waals surface area contributed by atoms with Gasteiger partial charge in [-0.3, -0.25) is 9.36 Å². The fourth-order valence-electron chi connectivity index (χ4n) is 4.52. The molecule has 1 amide bonds. The van der Waals surface area contributed by atoms with Gasteiger partial charge in [-0.15, -0.1) is 10.2 Å². The second-order valence-corrected chi connectivity index (χ2v) is 9.83. The lowest BCUT2D eigenvalue weighted by molar-refractivity contribution is -0.129. The fraction of sp³-hybridized carbons (Fsp3) is 0.320. The average Bonchev–Trinajstić information content (AvgIpc) is 3.47. The van der Waals surface area contributed by atoms with Crippen LogP contribution in [-0.4, -0.2) is 49.4 Å². The summed E-state index contributed by atoms with van der Waals surface area (Å²) in [6, 6.07) is 16.1. The zero-order chi connectivity index (χ0) is 22.8. The normalized spacial score (nSPS) is 14.6. The Bertz CT molecular complexity index is 1260. The Morgan fingerprint density at radius 3 is 2.67 bits per heavy atom. The van der Waals surface area contributed by atoms with Gasteiger partial charge in [-0.1, -0.05) is 60.8 Å². The molecule has 0 radical (unpaired) electrons. The molecule has 0 unspecified atom stereocenters. The highest BCUT2D eigenvalue weighted by atomic mass is 35.5. The summed E-state index contributed by atoms with van der Waals surface area (Å²) in [7, 11) is 1.93. The minimum absolute atomic E-state index is 0.131. The van der Waals surface area contributed by atoms with Crippen molar-refractivity contribution in [2.24, 2.45) is 0 Å². The maximum Gasteiger partial charge on any atom is 0.233 e. The van der Waals surface area contributed by atoms with Crippen molar-refractivity contribution in [3.63, 3.8) is 0 Å². The van der Waals surface area contributed by atoms with Gasteiger partial charge in [-0.2, -0.15) is 0 Å². The molecule has 0 aliphatic heterocycles. The first kappa shape index (κ1) is 22.0. The van der Waals surface area contributed by atoms with E-state index >= 15 is 0 Å². The highest BCUT2D eigenvalue weighted by Gasteiger charge is 2.24. The lowest BCUT2D eigenvalue weighted by Crippen LogP contribution is -2.39. The van der Waals surface area contributed by atoms with Crippen LogP contribution in [0.3, 0.4) is 0 Å². The second kappa shape index (κ2) is 9.61. The summed E-state index contributed by atoms with van der Waals surface area (Å²) in [6.07, 6.45) is 7.82. The standard InChI is InChI=1S/C25H26ClN5OS/c1-30(18-7-3-2-4-8-18)23(32)16-33-25-29-28-24(31(25)19-13-11-17(26)12-14-19)21-15-27-22-10-6-5-9-20(21)22/h5-6,9-15,18,27H,2-4,7-8,16H2,1H3. The molecular weight excluding hydrogens is 454 g/mol. The summed E-state index contributed by atoms with van der Waals surface area (Å²) < 4.78 is 2.00. The number of hydrogen-bond donors (Lipinski definition) is 1. The van der Waals surface area contributed by atoms with E-state index in [4.69, 9.17) is 11.6 Å². The van der Waals surface area contributed by atoms with Gasteiger partial charge in [-0.25, -0.2) is 0 Å². The first-order valence-electron chi connectivity index (χ1n) is 11.3. The van der Waals surface area contributed by atoms with E-state index in [1.54, 1.807) is 0 Å². The van der Waals surface area contributed by atoms with Crippen LogP contribution < -0.4 is 0 Å². The van der Waals surface area contributed by atoms with Crippen LogP contribution in [0, 0.1) is 0 Å². The minimum Gasteiger partial charge on any atom is -0.360 e. The molecule has 5 rings (SSSR count). The molecule has 1 fully saturated rings. The summed E-state index contributed by atoms with van der Waals surface area (Å²) in [4.78, 5) is 18.2. The molecule has 1 aliphatic carbocycles. The van der Waals surface area contributed by atoms with E-state index in [1.807, 2.05) is 65.2 Å². The van der Waals surface area contributed by atoms with Gasteiger partial charge in [-0.05, 0) is 43.2 Å². The molecule has 0 spiro atoms. The van der Waals surface area contributed by atoms with Gasteiger partial charge in [0.15, 0.2) is 11.0 Å². The van der Waals surface area contributed by atoms with Crippen molar-refractivity contribution in [2.75, 3.05) is 12.8 Å². The molecule has 4 aromatic rings. The van der Waals surface area contributed by atoms with E-state index in [0.29, 0.717) is 22.0 Å². The van der Waals surface area contributed by atoms with E-state index in [1.165, 1.54) is 31.0 Å². The minimum atomic E-state index is 0.131. The number of aromatic amines is 1. The molecule has 2 heterocycles. The van der Waals surface area contributed by atoms with Crippen molar-refractivity contribution < 1.29 is 4.79 Å². The molecule has 33 heavy (non-hydrogen) atoms. The third kappa shape index (κ3) is 4.52. The zero-order valence-electron chi connectivity index (χ0n) is 18.5. The van der Waals surface area contributed by atoms with Crippen LogP contribution in [0.1, 0.15) is 32.1 Å². The van der Waals surface area contributed by atoms with Crippen LogP contribution in [-0.2, 0) is 4.79 Å². The molecule has 0 bridgehead atoms. The molecule has 170 valence electrons. The molecular formula is C25H26ClN5OS. The van der Waals surface area contributed by atoms with E-state index < -0.39 is 0 Å². The van der Waals surface area contributed by atoms with Crippen molar-refractivity contribution in [1.29, 1.82) is 0 Å². The molecule has 1 N–H and O–H groups in total. The van der Waals surface area contributed by atoms with Gasteiger partial charge in [0.25, 0.3) is 0 Å². The number of aromatic nitrogens is 4. The predicted octanol–water partition coefficient (Wildman–Crippen LogP) is 5.95. The Kier molecular flexibility index (Phi) is 6.42. The van der Waals surface area contributed by atoms with Crippen LogP contribution in [0.2, 0.25) is 5.02 Å². The third-order valence-electron chi connectivity index (χ3n) is 6.39. The number of para-hydroxylation sites is 1. The Morgan fingerprint density at radius 2 is 1.88 bits per heavy atom. The van der Waals surface area contributed by atoms with Crippen LogP contribution in [0.5, 0.6) is 0 Å². The third-order valence-corrected chi connectivity index (χ3v) is 7.55. The number of rotatable bonds is 6. The van der Waals surface area contributed by atoms with Crippen molar-refractivity contribution >= 4 is 40.2 Å². The second-order valence-electron chi connectivity index (χ2n) is 8.45. The smallest absolute Gasteiger partial charge is 0.233 e. The number of halogens is 1. The lowest BCUT2D eigenvalue weighted by Gasteiger charge is -2.31. The van der Waals surface area contributed by atoms with Gasteiger partial charge in [0.2, 0.25) is 5.91 Å². The Labute approximate surface area is 202 Å². The average molecular weight is 480 g/mol. The fourth-order valence-corrected chi connectivity index (χ4v) is 5.52. The molecule has 2 aromatic heterocycles. The molecule has 0 saturated heterocycles. The molecule has 8 heteroatoms. The van der Waals surface area contributed by atoms with Crippen LogP contribution in [0.4, 0.5) is 0 Å². The van der Waals surface area contributed by atoms with E-state index in [2.05, 4.69) is 21.2 Å². The number of carbonyl (C=O) groups excluding carboxylic acids is 1. The molecule has 1 saturated carbocycles. The number of thioether (sulfide) groups is 1. The summed E-state index contributed by atoms with van der Waals surface area (Å²) >= 11 is 7.57. The van der Waals surface area contributed by atoms with Gasteiger partial charge in [0.05, 0.1) is 5.75 Å². The highest BCUT2D eigenvalue weighted by molar-refractivity contribution is 7.99. The SMILES string of the molecule is CN(C(=O)CSc1nnc(-c2c[nH]c3ccccc23)n1-c1ccc(Cl)cc1)C1CCCCC1. The molecule has 6 nitrogen and oxygen atoms in total. The molecule has 1 aliphatic rings. The summed E-state index contributed by atoms with van der Waals surface area (Å²) in [5, 5.41) is 11.4. The van der Waals surface area contributed by atoms with E-state index in [9.17, 15) is 4.79 Å². The van der Waals surface area contributed by atoms with Crippen molar-refractivity contribution in [3.8, 4) is 17.1 Å². The maximum atomic E-state index is 12.9. The van der Waals surface area contributed by atoms with Gasteiger partial charge < -0.3 is 9.88 Å². The van der Waals surface area contributed by atoms with Gasteiger partial charge in [0, 0.05) is 46.5 Å². The number of carbonyl (C=O) groups is 1. The number of hydrogen-bond acceptors (Lipinski definition) is 4. The molecule has 2 aromatic carbocycles. The number of amides is 1. The van der Waals surface area contributed by atoms with Crippen LogP contribution >= 0.6 is 23.4 Å². The highest BCUT2D eigenvalue weighted by Crippen LogP contribution is 2.33. The maximum absolute atomic E-state index is 12.9. The quantitative estimate of drug-likeness (QED) is 0.347. The lowest BCUT2D eigenvalue weighted by atomic mass is 9.94. The van der Waals surface area contributed by atoms with Crippen molar-refractivity contribution in [1.82, 2.24) is 24.6 Å². The summed E-state index contributed by atoms with van der Waals surface area (Å²) in [6.45, 7) is 0. The van der Waals surface area contributed by atoms with Crippen molar-refractivity contribution in [2.45, 2.75) is 43.3 Å². The number of nitrogens with one attached hydrogen (secondary N) is 1. The summed E-state index contributed by atoms with van der Waals surface area (Å²) in [5.74, 6) is 1.18. The van der Waals surface area contributed by atoms with Crippen LogP contribution in [0.25, 0.3) is 28.0 Å². The zero-order valence-corrected chi connectivity index (χ0v) is 20.1.